The molecule has 0 unspecified atom stereocenters. The van der Waals surface area contributed by atoms with Crippen LogP contribution in [-0.4, -0.2) is 20.6 Å². The maximum atomic E-state index is 13.4. The van der Waals surface area contributed by atoms with Crippen LogP contribution in [-0.2, 0) is 6.54 Å². The zero-order valence-electron chi connectivity index (χ0n) is 16.5. The molecule has 0 radical (unpaired) electrons. The van der Waals surface area contributed by atoms with Crippen LogP contribution in [0.25, 0.3) is 21.1 Å². The highest BCUT2D eigenvalue weighted by Crippen LogP contribution is 2.29. The molecular formula is C22H20FN3O3S. The molecule has 8 heteroatoms. The van der Waals surface area contributed by atoms with Crippen LogP contribution in [0.15, 0.2) is 47.3 Å². The van der Waals surface area contributed by atoms with Crippen LogP contribution in [0.1, 0.15) is 30.6 Å². The number of hydrogen-bond acceptors (Lipinski definition) is 5. The number of fused-ring (bicyclic) bond motifs is 2. The van der Waals surface area contributed by atoms with Gasteiger partial charge in [-0.2, -0.15) is 0 Å². The summed E-state index contributed by atoms with van der Waals surface area (Å²) in [4.78, 5) is 30.3. The molecule has 6 nitrogen and oxygen atoms in total. The SMILES string of the molecule is CC(C)CCn1c(=O)c(C(=O)Nc2nc3ccc(F)cc3s2)c(O)c2ccccc21. The molecule has 0 bridgehead atoms. The van der Waals surface area contributed by atoms with E-state index in [1.54, 1.807) is 24.3 Å². The zero-order valence-corrected chi connectivity index (χ0v) is 17.3. The number of carbonyl (C=O) groups is 1. The molecule has 2 N–H and O–H groups in total. The van der Waals surface area contributed by atoms with Crippen molar-refractivity contribution in [3.8, 4) is 5.75 Å². The molecule has 2 heterocycles. The molecule has 0 saturated carbocycles. The Morgan fingerprint density at radius 2 is 2.03 bits per heavy atom. The van der Waals surface area contributed by atoms with Gasteiger partial charge in [0.15, 0.2) is 5.13 Å². The molecule has 0 aliphatic carbocycles. The molecule has 30 heavy (non-hydrogen) atoms. The van der Waals surface area contributed by atoms with E-state index >= 15 is 0 Å². The van der Waals surface area contributed by atoms with Gasteiger partial charge in [-0.1, -0.05) is 37.3 Å². The number of carbonyl (C=O) groups excluding carboxylic acids is 1. The van der Waals surface area contributed by atoms with Gasteiger partial charge in [0.05, 0.1) is 15.7 Å². The largest absolute Gasteiger partial charge is 0.506 e. The van der Waals surface area contributed by atoms with Crippen molar-refractivity contribution in [3.63, 3.8) is 0 Å². The Hall–Kier alpha value is -3.26. The van der Waals surface area contributed by atoms with Gasteiger partial charge in [0.2, 0.25) is 0 Å². The number of aromatic nitrogens is 2. The number of para-hydroxylation sites is 1. The summed E-state index contributed by atoms with van der Waals surface area (Å²) >= 11 is 1.09. The van der Waals surface area contributed by atoms with Gasteiger partial charge in [-0.05, 0) is 42.7 Å². The number of halogens is 1. The summed E-state index contributed by atoms with van der Waals surface area (Å²) in [5.74, 6) is -1.14. The Bertz CT molecular complexity index is 1330. The lowest BCUT2D eigenvalue weighted by Gasteiger charge is -2.15. The monoisotopic (exact) mass is 425 g/mol. The molecular weight excluding hydrogens is 405 g/mol. The van der Waals surface area contributed by atoms with Crippen LogP contribution < -0.4 is 10.9 Å². The smallest absolute Gasteiger partial charge is 0.267 e. The fourth-order valence-electron chi connectivity index (χ4n) is 3.32. The van der Waals surface area contributed by atoms with Gasteiger partial charge < -0.3 is 9.67 Å². The minimum Gasteiger partial charge on any atom is -0.506 e. The second-order valence-electron chi connectivity index (χ2n) is 7.47. The van der Waals surface area contributed by atoms with Crippen LogP contribution in [0.5, 0.6) is 5.75 Å². The standard InChI is InChI=1S/C22H20FN3O3S/c1-12(2)9-10-26-16-6-4-3-5-14(16)19(27)18(21(26)29)20(28)25-22-24-15-8-7-13(23)11-17(15)30-22/h3-8,11-12,27H,9-10H2,1-2H3,(H,24,25,28). The predicted molar refractivity (Wildman–Crippen MR) is 117 cm³/mol. The molecule has 0 spiro atoms. The van der Waals surface area contributed by atoms with E-state index in [1.165, 1.54) is 22.8 Å². The summed E-state index contributed by atoms with van der Waals surface area (Å²) < 4.78 is 15.5. The van der Waals surface area contributed by atoms with Gasteiger partial charge in [0.25, 0.3) is 11.5 Å². The highest BCUT2D eigenvalue weighted by atomic mass is 32.1. The van der Waals surface area contributed by atoms with Gasteiger partial charge in [0, 0.05) is 11.9 Å². The minimum atomic E-state index is -0.749. The van der Waals surface area contributed by atoms with Crippen LogP contribution in [0, 0.1) is 11.7 Å². The van der Waals surface area contributed by atoms with E-state index < -0.39 is 17.3 Å². The third-order valence-corrected chi connectivity index (χ3v) is 5.81. The average Bonchev–Trinajstić information content (AvgIpc) is 3.09. The topological polar surface area (TPSA) is 84.2 Å². The molecule has 1 amide bonds. The summed E-state index contributed by atoms with van der Waals surface area (Å²) in [6, 6.07) is 11.1. The zero-order chi connectivity index (χ0) is 21.4. The van der Waals surface area contributed by atoms with Crippen LogP contribution in [0.3, 0.4) is 0 Å². The highest BCUT2D eigenvalue weighted by Gasteiger charge is 2.23. The number of nitrogens with one attached hydrogen (secondary N) is 1. The molecule has 2 aromatic heterocycles. The van der Waals surface area contributed by atoms with Gasteiger partial charge in [-0.25, -0.2) is 9.37 Å². The second-order valence-corrected chi connectivity index (χ2v) is 8.50. The van der Waals surface area contributed by atoms with Gasteiger partial charge in [0.1, 0.15) is 17.1 Å². The van der Waals surface area contributed by atoms with E-state index in [0.29, 0.717) is 33.6 Å². The van der Waals surface area contributed by atoms with E-state index in [0.717, 1.165) is 17.8 Å². The molecule has 0 atom stereocenters. The molecule has 0 saturated heterocycles. The van der Waals surface area contributed by atoms with Crippen molar-refractivity contribution in [2.24, 2.45) is 5.92 Å². The maximum Gasteiger partial charge on any atom is 0.267 e. The van der Waals surface area contributed by atoms with E-state index in [4.69, 9.17) is 0 Å². The number of pyridine rings is 1. The maximum absolute atomic E-state index is 13.4. The van der Waals surface area contributed by atoms with Crippen LogP contribution in [0.2, 0.25) is 0 Å². The first kappa shape index (κ1) is 20.0. The van der Waals surface area contributed by atoms with Crippen molar-refractivity contribution in [2.45, 2.75) is 26.8 Å². The lowest BCUT2D eigenvalue weighted by Crippen LogP contribution is -2.30. The van der Waals surface area contributed by atoms with Crippen molar-refractivity contribution in [1.29, 1.82) is 0 Å². The van der Waals surface area contributed by atoms with E-state index in [1.807, 2.05) is 0 Å². The Labute approximate surface area is 175 Å². The summed E-state index contributed by atoms with van der Waals surface area (Å²) in [6.45, 7) is 4.53. The molecule has 4 rings (SSSR count). The van der Waals surface area contributed by atoms with E-state index in [2.05, 4.69) is 24.1 Å². The summed E-state index contributed by atoms with van der Waals surface area (Å²) in [6.07, 6.45) is 0.749. The van der Waals surface area contributed by atoms with E-state index in [-0.39, 0.29) is 16.4 Å². The first-order valence-corrected chi connectivity index (χ1v) is 10.4. The van der Waals surface area contributed by atoms with Crippen molar-refractivity contribution in [3.05, 3.63) is 64.2 Å². The van der Waals surface area contributed by atoms with E-state index in [9.17, 15) is 19.1 Å². The number of amides is 1. The quantitative estimate of drug-likeness (QED) is 0.483. The van der Waals surface area contributed by atoms with Gasteiger partial charge in [-0.15, -0.1) is 0 Å². The average molecular weight is 425 g/mol. The molecule has 0 aliphatic heterocycles. The summed E-state index contributed by atoms with van der Waals surface area (Å²) in [5.41, 5.74) is 0.223. The Morgan fingerprint density at radius 1 is 1.27 bits per heavy atom. The van der Waals surface area contributed by atoms with Crippen molar-refractivity contribution in [2.75, 3.05) is 5.32 Å². The van der Waals surface area contributed by atoms with Crippen molar-refractivity contribution < 1.29 is 14.3 Å². The third-order valence-electron chi connectivity index (χ3n) is 4.87. The highest BCUT2D eigenvalue weighted by molar-refractivity contribution is 7.22. The minimum absolute atomic E-state index is 0.223. The summed E-state index contributed by atoms with van der Waals surface area (Å²) in [5, 5.41) is 13.9. The number of benzene rings is 2. The van der Waals surface area contributed by atoms with Gasteiger partial charge >= 0.3 is 0 Å². The van der Waals surface area contributed by atoms with Gasteiger partial charge in [-0.3, -0.25) is 14.9 Å². The Morgan fingerprint density at radius 3 is 2.80 bits per heavy atom. The molecule has 0 aliphatic rings. The predicted octanol–water partition coefficient (Wildman–Crippen LogP) is 4.75. The first-order valence-electron chi connectivity index (χ1n) is 9.57. The van der Waals surface area contributed by atoms with Crippen molar-refractivity contribution >= 4 is 43.5 Å². The number of rotatable bonds is 5. The van der Waals surface area contributed by atoms with Crippen LogP contribution in [0.4, 0.5) is 9.52 Å². The number of thiazole rings is 1. The lowest BCUT2D eigenvalue weighted by molar-refractivity contribution is 0.102. The van der Waals surface area contributed by atoms with Crippen LogP contribution >= 0.6 is 11.3 Å². The fourth-order valence-corrected chi connectivity index (χ4v) is 4.20. The normalized spacial score (nSPS) is 11.5. The summed E-state index contributed by atoms with van der Waals surface area (Å²) in [7, 11) is 0. The first-order chi connectivity index (χ1) is 14.3. The van der Waals surface area contributed by atoms with Crippen molar-refractivity contribution in [1.82, 2.24) is 9.55 Å². The molecule has 154 valence electrons. The fraction of sp³-hybridized carbons (Fsp3) is 0.227. The lowest BCUT2D eigenvalue weighted by atomic mass is 10.1. The molecule has 4 aromatic rings. The number of aromatic hydroxyl groups is 1. The Kier molecular flexibility index (Phi) is 5.26. The number of nitrogens with zero attached hydrogens (tertiary/aromatic N) is 2. The number of hydrogen-bond donors (Lipinski definition) is 2. The molecule has 2 aromatic carbocycles. The second kappa shape index (κ2) is 7.87. The Balaban J connectivity index is 1.78. The number of aryl methyl sites for hydroxylation is 1. The molecule has 0 fully saturated rings. The third kappa shape index (κ3) is 3.66. The number of anilines is 1.